The summed E-state index contributed by atoms with van der Waals surface area (Å²) in [6, 6.07) is 11.5. The molecule has 1 aromatic carbocycles. The van der Waals surface area contributed by atoms with Crippen LogP contribution in [0, 0.1) is 6.92 Å². The molecule has 0 saturated carbocycles. The van der Waals surface area contributed by atoms with Crippen LogP contribution >= 0.6 is 0 Å². The molecule has 100 valence electrons. The van der Waals surface area contributed by atoms with Gasteiger partial charge < -0.3 is 9.26 Å². The van der Waals surface area contributed by atoms with E-state index in [1.165, 1.54) is 0 Å². The molecule has 0 radical (unpaired) electrons. The van der Waals surface area contributed by atoms with Gasteiger partial charge in [0.15, 0.2) is 6.61 Å². The van der Waals surface area contributed by atoms with E-state index in [1.807, 2.05) is 43.3 Å². The predicted octanol–water partition coefficient (Wildman–Crippen LogP) is 3.02. The van der Waals surface area contributed by atoms with Crippen molar-refractivity contribution in [3.8, 4) is 17.1 Å². The summed E-state index contributed by atoms with van der Waals surface area (Å²) in [5.74, 6) is 1.77. The third kappa shape index (κ3) is 2.83. The molecule has 0 amide bonds. The molecule has 0 unspecified atom stereocenters. The fourth-order valence-electron chi connectivity index (χ4n) is 1.78. The number of aryl methyl sites for hydroxylation is 1. The second-order valence-corrected chi connectivity index (χ2v) is 4.35. The number of nitrogens with zero attached hydrogens (tertiary/aromatic N) is 3. The van der Waals surface area contributed by atoms with Crippen LogP contribution in [0.1, 0.15) is 11.5 Å². The lowest BCUT2D eigenvalue weighted by atomic mass is 10.2. The van der Waals surface area contributed by atoms with Crippen LogP contribution in [-0.4, -0.2) is 15.1 Å². The SMILES string of the molecule is Cc1cccc(OCc2nc(-c3ccncc3)no2)c1. The Bertz CT molecular complexity index is 695. The van der Waals surface area contributed by atoms with E-state index in [2.05, 4.69) is 15.1 Å². The van der Waals surface area contributed by atoms with Crippen LogP contribution in [0.25, 0.3) is 11.4 Å². The van der Waals surface area contributed by atoms with E-state index in [9.17, 15) is 0 Å². The van der Waals surface area contributed by atoms with Crippen molar-refractivity contribution < 1.29 is 9.26 Å². The number of hydrogen-bond acceptors (Lipinski definition) is 5. The van der Waals surface area contributed by atoms with Gasteiger partial charge in [-0.1, -0.05) is 17.3 Å². The highest BCUT2D eigenvalue weighted by molar-refractivity contribution is 5.52. The Morgan fingerprint density at radius 2 is 2.00 bits per heavy atom. The average molecular weight is 267 g/mol. The zero-order valence-corrected chi connectivity index (χ0v) is 11.0. The Balaban J connectivity index is 1.69. The third-order valence-corrected chi connectivity index (χ3v) is 2.76. The largest absolute Gasteiger partial charge is 0.484 e. The fourth-order valence-corrected chi connectivity index (χ4v) is 1.78. The number of ether oxygens (including phenoxy) is 1. The zero-order chi connectivity index (χ0) is 13.8. The van der Waals surface area contributed by atoms with Crippen molar-refractivity contribution in [3.63, 3.8) is 0 Å². The van der Waals surface area contributed by atoms with Crippen LogP contribution < -0.4 is 4.74 Å². The molecule has 2 aromatic heterocycles. The molecule has 0 fully saturated rings. The van der Waals surface area contributed by atoms with Gasteiger partial charge in [-0.15, -0.1) is 0 Å². The summed E-state index contributed by atoms with van der Waals surface area (Å²) >= 11 is 0. The van der Waals surface area contributed by atoms with Gasteiger partial charge in [-0.2, -0.15) is 4.98 Å². The van der Waals surface area contributed by atoms with E-state index in [0.29, 0.717) is 11.7 Å². The monoisotopic (exact) mass is 267 g/mol. The molecule has 20 heavy (non-hydrogen) atoms. The van der Waals surface area contributed by atoms with Crippen molar-refractivity contribution in [1.29, 1.82) is 0 Å². The van der Waals surface area contributed by atoms with Crippen LogP contribution in [0.5, 0.6) is 5.75 Å². The normalized spacial score (nSPS) is 10.4. The number of pyridine rings is 1. The van der Waals surface area contributed by atoms with Gasteiger partial charge in [0.05, 0.1) is 0 Å². The Morgan fingerprint density at radius 1 is 1.15 bits per heavy atom. The van der Waals surface area contributed by atoms with Crippen LogP contribution in [0.15, 0.2) is 53.3 Å². The molecule has 5 nitrogen and oxygen atoms in total. The smallest absolute Gasteiger partial charge is 0.264 e. The molecule has 0 aliphatic heterocycles. The van der Waals surface area contributed by atoms with E-state index in [4.69, 9.17) is 9.26 Å². The van der Waals surface area contributed by atoms with Gasteiger partial charge in [0.1, 0.15) is 5.75 Å². The average Bonchev–Trinajstić information content (AvgIpc) is 2.95. The third-order valence-electron chi connectivity index (χ3n) is 2.76. The first-order chi connectivity index (χ1) is 9.81. The lowest BCUT2D eigenvalue weighted by molar-refractivity contribution is 0.243. The number of aromatic nitrogens is 3. The first kappa shape index (κ1) is 12.3. The van der Waals surface area contributed by atoms with Crippen molar-refractivity contribution in [2.24, 2.45) is 0 Å². The second kappa shape index (κ2) is 5.52. The van der Waals surface area contributed by atoms with Gasteiger partial charge in [-0.3, -0.25) is 4.98 Å². The van der Waals surface area contributed by atoms with Crippen LogP contribution in [-0.2, 0) is 6.61 Å². The van der Waals surface area contributed by atoms with Gasteiger partial charge in [0.25, 0.3) is 5.89 Å². The molecule has 0 aliphatic carbocycles. The minimum absolute atomic E-state index is 0.252. The minimum Gasteiger partial charge on any atom is -0.484 e. The fraction of sp³-hybridized carbons (Fsp3) is 0.133. The lowest BCUT2D eigenvalue weighted by Gasteiger charge is -2.03. The number of rotatable bonds is 4. The maximum Gasteiger partial charge on any atom is 0.264 e. The van der Waals surface area contributed by atoms with E-state index in [0.717, 1.165) is 16.9 Å². The van der Waals surface area contributed by atoms with Crippen molar-refractivity contribution in [2.75, 3.05) is 0 Å². The quantitative estimate of drug-likeness (QED) is 0.727. The molecular weight excluding hydrogens is 254 g/mol. The molecule has 0 bridgehead atoms. The first-order valence-corrected chi connectivity index (χ1v) is 6.24. The first-order valence-electron chi connectivity index (χ1n) is 6.24. The summed E-state index contributed by atoms with van der Waals surface area (Å²) in [6.45, 7) is 2.27. The molecule has 3 rings (SSSR count). The maximum atomic E-state index is 5.61. The Kier molecular flexibility index (Phi) is 3.41. The summed E-state index contributed by atoms with van der Waals surface area (Å²) in [4.78, 5) is 8.24. The van der Waals surface area contributed by atoms with Crippen LogP contribution in [0.2, 0.25) is 0 Å². The van der Waals surface area contributed by atoms with Gasteiger partial charge in [0.2, 0.25) is 5.82 Å². The van der Waals surface area contributed by atoms with Gasteiger partial charge in [-0.25, -0.2) is 0 Å². The van der Waals surface area contributed by atoms with E-state index in [1.54, 1.807) is 12.4 Å². The molecule has 5 heteroatoms. The molecule has 2 heterocycles. The van der Waals surface area contributed by atoms with Crippen LogP contribution in [0.4, 0.5) is 0 Å². The standard InChI is InChI=1S/C15H13N3O2/c1-11-3-2-4-13(9-11)19-10-14-17-15(18-20-14)12-5-7-16-8-6-12/h2-9H,10H2,1H3. The molecule has 3 aromatic rings. The van der Waals surface area contributed by atoms with Crippen LogP contribution in [0.3, 0.4) is 0 Å². The van der Waals surface area contributed by atoms with Gasteiger partial charge in [-0.05, 0) is 36.8 Å². The van der Waals surface area contributed by atoms with Gasteiger partial charge >= 0.3 is 0 Å². The van der Waals surface area contributed by atoms with E-state index in [-0.39, 0.29) is 6.61 Å². The maximum absolute atomic E-state index is 5.61. The Hall–Kier alpha value is -2.69. The summed E-state index contributed by atoms with van der Waals surface area (Å²) < 4.78 is 10.8. The summed E-state index contributed by atoms with van der Waals surface area (Å²) in [5, 5.41) is 3.92. The zero-order valence-electron chi connectivity index (χ0n) is 11.0. The molecule has 0 aliphatic rings. The highest BCUT2D eigenvalue weighted by Gasteiger charge is 2.08. The summed E-state index contributed by atoms with van der Waals surface area (Å²) in [5.41, 5.74) is 2.01. The highest BCUT2D eigenvalue weighted by Crippen LogP contribution is 2.16. The van der Waals surface area contributed by atoms with Crippen molar-refractivity contribution >= 4 is 0 Å². The van der Waals surface area contributed by atoms with E-state index < -0.39 is 0 Å². The highest BCUT2D eigenvalue weighted by atomic mass is 16.5. The molecule has 0 N–H and O–H groups in total. The van der Waals surface area contributed by atoms with Crippen molar-refractivity contribution in [1.82, 2.24) is 15.1 Å². The molecule has 0 saturated heterocycles. The predicted molar refractivity (Wildman–Crippen MR) is 73.0 cm³/mol. The molecular formula is C15H13N3O2. The number of hydrogen-bond donors (Lipinski definition) is 0. The Labute approximate surface area is 116 Å². The summed E-state index contributed by atoms with van der Waals surface area (Å²) in [7, 11) is 0. The van der Waals surface area contributed by atoms with Crippen molar-refractivity contribution in [2.45, 2.75) is 13.5 Å². The molecule has 0 spiro atoms. The van der Waals surface area contributed by atoms with E-state index >= 15 is 0 Å². The minimum atomic E-state index is 0.252. The lowest BCUT2D eigenvalue weighted by Crippen LogP contribution is -1.95. The van der Waals surface area contributed by atoms with Gasteiger partial charge in [0, 0.05) is 18.0 Å². The summed E-state index contributed by atoms with van der Waals surface area (Å²) in [6.07, 6.45) is 3.38. The second-order valence-electron chi connectivity index (χ2n) is 4.35. The molecule has 0 atom stereocenters. The topological polar surface area (TPSA) is 61.0 Å². The van der Waals surface area contributed by atoms with Crippen molar-refractivity contribution in [3.05, 3.63) is 60.2 Å². The Morgan fingerprint density at radius 3 is 2.80 bits per heavy atom. The number of benzene rings is 1.